The van der Waals surface area contributed by atoms with Gasteiger partial charge in [-0.15, -0.1) is 5.10 Å². The van der Waals surface area contributed by atoms with Crippen LogP contribution in [0, 0.1) is 6.92 Å². The molecule has 0 fully saturated rings. The molecule has 2 amide bonds. The minimum Gasteiger partial charge on any atom is -0.438 e. The van der Waals surface area contributed by atoms with E-state index in [2.05, 4.69) is 21.2 Å². The average Bonchev–Trinajstić information content (AvgIpc) is 2.59. The van der Waals surface area contributed by atoms with Crippen molar-refractivity contribution in [3.63, 3.8) is 0 Å². The molecule has 0 aliphatic carbocycles. The largest absolute Gasteiger partial charge is 0.438 e. The van der Waals surface area contributed by atoms with Crippen molar-refractivity contribution in [2.45, 2.75) is 6.92 Å². The fraction of sp³-hybridized carbons (Fsp3) is 0.158. The van der Waals surface area contributed by atoms with Gasteiger partial charge in [0, 0.05) is 17.5 Å². The van der Waals surface area contributed by atoms with E-state index in [9.17, 15) is 4.79 Å². The number of aryl methyl sites for hydroxylation is 1. The third kappa shape index (κ3) is 5.35. The number of hydrazone groups is 1. The van der Waals surface area contributed by atoms with Gasteiger partial charge in [-0.05, 0) is 48.9 Å². The van der Waals surface area contributed by atoms with Crippen LogP contribution in [-0.4, -0.2) is 25.3 Å². The first-order valence-electron chi connectivity index (χ1n) is 8.16. The van der Waals surface area contributed by atoms with Gasteiger partial charge in [-0.2, -0.15) is 0 Å². The summed E-state index contributed by atoms with van der Waals surface area (Å²) >= 11 is 0. The van der Waals surface area contributed by atoms with E-state index in [-0.39, 0.29) is 6.03 Å². The number of amides is 2. The van der Waals surface area contributed by atoms with E-state index in [0.717, 1.165) is 11.3 Å². The Balaban J connectivity index is 1.56. The molecule has 1 heterocycles. The van der Waals surface area contributed by atoms with E-state index in [0.29, 0.717) is 30.7 Å². The Bertz CT molecular complexity index is 816. The summed E-state index contributed by atoms with van der Waals surface area (Å²) in [6.07, 6.45) is 3.55. The molecule has 0 bridgehead atoms. The summed E-state index contributed by atoms with van der Waals surface area (Å²) in [6.45, 7) is 2.80. The molecule has 0 saturated carbocycles. The lowest BCUT2D eigenvalue weighted by Crippen LogP contribution is -2.20. The van der Waals surface area contributed by atoms with Gasteiger partial charge >= 0.3 is 6.03 Å². The second kappa shape index (κ2) is 8.68. The predicted octanol–water partition coefficient (Wildman–Crippen LogP) is 3.46. The second-order valence-corrected chi connectivity index (χ2v) is 5.60. The van der Waals surface area contributed by atoms with Crippen molar-refractivity contribution in [1.82, 2.24) is 5.43 Å². The molecule has 2 aromatic rings. The van der Waals surface area contributed by atoms with Crippen LogP contribution in [0.2, 0.25) is 0 Å². The number of nitrogens with zero attached hydrogens (tertiary/aromatic N) is 1. The number of nitrogens with one attached hydrogen (secondary N) is 3. The van der Waals surface area contributed by atoms with E-state index in [1.54, 1.807) is 30.3 Å². The molecule has 3 rings (SSSR count). The van der Waals surface area contributed by atoms with Gasteiger partial charge in [-0.25, -0.2) is 4.79 Å². The Kier molecular flexibility index (Phi) is 5.84. The Labute approximate surface area is 151 Å². The summed E-state index contributed by atoms with van der Waals surface area (Å²) < 4.78 is 10.8. The molecule has 7 nitrogen and oxygen atoms in total. The van der Waals surface area contributed by atoms with Crippen LogP contribution in [0.15, 0.2) is 65.8 Å². The zero-order valence-corrected chi connectivity index (χ0v) is 14.4. The highest BCUT2D eigenvalue weighted by Crippen LogP contribution is 2.17. The third-order valence-electron chi connectivity index (χ3n) is 3.44. The van der Waals surface area contributed by atoms with E-state index in [1.165, 1.54) is 0 Å². The van der Waals surface area contributed by atoms with Crippen LogP contribution in [0.3, 0.4) is 0 Å². The Hall–Kier alpha value is -3.32. The van der Waals surface area contributed by atoms with Gasteiger partial charge in [-0.3, -0.25) is 5.43 Å². The smallest absolute Gasteiger partial charge is 0.323 e. The zero-order valence-electron chi connectivity index (χ0n) is 14.4. The monoisotopic (exact) mass is 352 g/mol. The highest BCUT2D eigenvalue weighted by Gasteiger charge is 2.05. The van der Waals surface area contributed by atoms with E-state index in [4.69, 9.17) is 9.47 Å². The van der Waals surface area contributed by atoms with Crippen LogP contribution < -0.4 is 20.8 Å². The number of anilines is 2. The molecule has 0 saturated heterocycles. The Morgan fingerprint density at radius 1 is 1.15 bits per heavy atom. The summed E-state index contributed by atoms with van der Waals surface area (Å²) in [5.74, 6) is 1.05. The molecule has 1 aliphatic heterocycles. The van der Waals surface area contributed by atoms with Crippen molar-refractivity contribution in [3.05, 3.63) is 66.2 Å². The molecule has 0 unspecified atom stereocenters. The van der Waals surface area contributed by atoms with Crippen LogP contribution in [0.5, 0.6) is 5.75 Å². The van der Waals surface area contributed by atoms with Gasteiger partial charge < -0.3 is 20.1 Å². The number of benzene rings is 2. The van der Waals surface area contributed by atoms with Crippen LogP contribution in [-0.2, 0) is 4.74 Å². The van der Waals surface area contributed by atoms with Gasteiger partial charge in [0.2, 0.25) is 5.90 Å². The molecule has 0 radical (unpaired) electrons. The van der Waals surface area contributed by atoms with E-state index in [1.807, 2.05) is 37.3 Å². The van der Waals surface area contributed by atoms with Crippen molar-refractivity contribution < 1.29 is 14.3 Å². The first-order chi connectivity index (χ1) is 12.7. The second-order valence-electron chi connectivity index (χ2n) is 5.60. The van der Waals surface area contributed by atoms with Crippen molar-refractivity contribution in [1.29, 1.82) is 0 Å². The van der Waals surface area contributed by atoms with Crippen LogP contribution in [0.4, 0.5) is 16.2 Å². The molecule has 7 heteroatoms. The van der Waals surface area contributed by atoms with Gasteiger partial charge in [0.25, 0.3) is 0 Å². The summed E-state index contributed by atoms with van der Waals surface area (Å²) in [5, 5.41) is 9.63. The number of ether oxygens (including phenoxy) is 2. The van der Waals surface area contributed by atoms with Crippen molar-refractivity contribution in [2.75, 3.05) is 24.0 Å². The van der Waals surface area contributed by atoms with E-state index < -0.39 is 0 Å². The number of hydrogen-bond acceptors (Lipinski definition) is 5. The lowest BCUT2D eigenvalue weighted by Gasteiger charge is -2.11. The maximum absolute atomic E-state index is 12.1. The highest BCUT2D eigenvalue weighted by molar-refractivity contribution is 5.99. The molecule has 0 aromatic heterocycles. The van der Waals surface area contributed by atoms with Crippen LogP contribution in [0.1, 0.15) is 5.56 Å². The van der Waals surface area contributed by atoms with Crippen molar-refractivity contribution in [3.8, 4) is 5.75 Å². The van der Waals surface area contributed by atoms with Gasteiger partial charge in [0.1, 0.15) is 12.5 Å². The molecule has 134 valence electrons. The summed E-state index contributed by atoms with van der Waals surface area (Å²) in [4.78, 5) is 12.1. The van der Waals surface area contributed by atoms with Crippen LogP contribution in [0.25, 0.3) is 0 Å². The SMILES string of the molecule is Cc1cccc(NC(=O)Nc2ccc(OC3=NNCOCC=C3)cc2)c1. The van der Waals surface area contributed by atoms with Crippen LogP contribution >= 0.6 is 0 Å². The predicted molar refractivity (Wildman–Crippen MR) is 101 cm³/mol. The summed E-state index contributed by atoms with van der Waals surface area (Å²) in [6, 6.07) is 14.3. The highest BCUT2D eigenvalue weighted by atomic mass is 16.5. The van der Waals surface area contributed by atoms with E-state index >= 15 is 0 Å². The standard InChI is InChI=1S/C19H20N4O3/c1-14-4-2-5-16(12-14)22-19(24)21-15-7-9-17(10-8-15)26-18-6-3-11-25-13-20-23-18/h2-10,12,20H,11,13H2,1H3,(H2,21,22,24). The number of rotatable bonds is 3. The molecule has 0 spiro atoms. The molecule has 0 atom stereocenters. The summed E-state index contributed by atoms with van der Waals surface area (Å²) in [7, 11) is 0. The lowest BCUT2D eigenvalue weighted by atomic mass is 10.2. The quantitative estimate of drug-likeness (QED) is 0.790. The molecular formula is C19H20N4O3. The minimum absolute atomic E-state index is 0.305. The minimum atomic E-state index is -0.305. The fourth-order valence-electron chi connectivity index (χ4n) is 2.27. The normalized spacial score (nSPS) is 13.7. The first-order valence-corrected chi connectivity index (χ1v) is 8.16. The zero-order chi connectivity index (χ0) is 18.2. The molecule has 3 N–H and O–H groups in total. The van der Waals surface area contributed by atoms with Gasteiger partial charge in [0.05, 0.1) is 6.61 Å². The van der Waals surface area contributed by atoms with Crippen molar-refractivity contribution >= 4 is 23.3 Å². The molecule has 1 aliphatic rings. The molecule has 26 heavy (non-hydrogen) atoms. The number of hydrogen-bond donors (Lipinski definition) is 3. The topological polar surface area (TPSA) is 84.0 Å². The maximum Gasteiger partial charge on any atom is 0.323 e. The lowest BCUT2D eigenvalue weighted by molar-refractivity contribution is 0.142. The third-order valence-corrected chi connectivity index (χ3v) is 3.44. The first kappa shape index (κ1) is 17.5. The average molecular weight is 352 g/mol. The Morgan fingerprint density at radius 3 is 2.77 bits per heavy atom. The maximum atomic E-state index is 12.1. The number of carbonyl (C=O) groups excluding carboxylic acids is 1. The number of carbonyl (C=O) groups is 1. The fourth-order valence-corrected chi connectivity index (χ4v) is 2.27. The molecular weight excluding hydrogens is 332 g/mol. The van der Waals surface area contributed by atoms with Gasteiger partial charge in [-0.1, -0.05) is 18.2 Å². The van der Waals surface area contributed by atoms with Gasteiger partial charge in [0.15, 0.2) is 0 Å². The van der Waals surface area contributed by atoms with Crippen molar-refractivity contribution in [2.24, 2.45) is 5.10 Å². The molecule has 2 aromatic carbocycles. The number of urea groups is 1. The Morgan fingerprint density at radius 2 is 1.96 bits per heavy atom. The summed E-state index contributed by atoms with van der Waals surface area (Å²) in [5.41, 5.74) is 5.23.